The van der Waals surface area contributed by atoms with Crippen molar-refractivity contribution in [2.75, 3.05) is 0 Å². The Labute approximate surface area is 858 Å². The maximum absolute atomic E-state index is 5.22. The van der Waals surface area contributed by atoms with Crippen LogP contribution < -0.4 is 0 Å². The molecule has 0 aliphatic rings. The van der Waals surface area contributed by atoms with Crippen LogP contribution in [0, 0.1) is 0 Å². The van der Waals surface area contributed by atoms with Crippen molar-refractivity contribution in [2.45, 2.75) is 0 Å². The van der Waals surface area contributed by atoms with E-state index in [1.165, 1.54) is 164 Å². The summed E-state index contributed by atoms with van der Waals surface area (Å²) in [5.41, 5.74) is 35.7. The summed E-state index contributed by atoms with van der Waals surface area (Å²) in [5, 5.41) is 16.8. The number of rotatable bonds is 13. The summed E-state index contributed by atoms with van der Waals surface area (Å²) in [6, 6.07) is 189. The average molecular weight is 1900 g/mol. The summed E-state index contributed by atoms with van der Waals surface area (Å²) in [7, 11) is 0. The van der Waals surface area contributed by atoms with Gasteiger partial charge in [-0.1, -0.05) is 479 Å². The Morgan fingerprint density at radius 1 is 0.114 bits per heavy atom. The van der Waals surface area contributed by atoms with Crippen LogP contribution in [0.4, 0.5) is 0 Å². The highest BCUT2D eigenvalue weighted by atomic mass is 15.0. The number of para-hydroxylation sites is 5. The third-order valence-corrected chi connectivity index (χ3v) is 29.4. The Morgan fingerprint density at radius 3 is 0.725 bits per heavy atom. The number of hydrogen-bond acceptors (Lipinski definition) is 7. The Bertz CT molecular complexity index is 10400. The molecule has 0 radical (unpaired) electrons. The molecule has 0 spiro atoms. The van der Waals surface area contributed by atoms with Crippen LogP contribution in [-0.4, -0.2) is 48.1 Å². The van der Waals surface area contributed by atoms with E-state index in [1.807, 2.05) is 84.9 Å². The van der Waals surface area contributed by atoms with Gasteiger partial charge >= 0.3 is 0 Å². The molecule has 0 N–H and O–H groups in total. The molecular weight excluding hydrogens is 1810 g/mol. The highest BCUT2D eigenvalue weighted by Gasteiger charge is 2.28. The zero-order valence-corrected chi connectivity index (χ0v) is 80.8. The van der Waals surface area contributed by atoms with Gasteiger partial charge in [0.15, 0.2) is 29.1 Å². The topological polar surface area (TPSA) is 103 Å². The SMILES string of the molecule is c1ccc(-c2ccc(-c3c4ccc(-c5nc(-c6ccccc6)c6ccccc6n5)cc4n4c5ccccc5c5ccccc5c34)cc2)cc1.c1ccc(-c2ccc3c(-c4ccc(-c5nc(-c6ccccc6)c6ccccc6n5)cc4)c4c5ccccc5c5ccccc5n4c3c2)cc1.c1ccc(-c2ccc3c(-c4cccc(-c5nc(-c6ccccc6)nc(-c6ccccc6)n5)c4)c4c5ccccc5c5ccccc5n4c3c2)cc1. The number of fused-ring (bicyclic) bond motifs is 26. The fourth-order valence-electron chi connectivity index (χ4n) is 22.5. The second-order valence-corrected chi connectivity index (χ2v) is 38.0. The van der Waals surface area contributed by atoms with Crippen LogP contribution >= 0.6 is 0 Å². The first-order valence-corrected chi connectivity index (χ1v) is 50.6. The van der Waals surface area contributed by atoms with Crippen LogP contribution in [0.3, 0.4) is 0 Å². The minimum atomic E-state index is 0.638. The van der Waals surface area contributed by atoms with Gasteiger partial charge in [0.2, 0.25) is 0 Å². The second-order valence-electron chi connectivity index (χ2n) is 38.0. The average Bonchev–Trinajstić information content (AvgIpc) is 1.43. The van der Waals surface area contributed by atoms with Crippen molar-refractivity contribution in [2.24, 2.45) is 0 Å². The monoisotopic (exact) mass is 1900 g/mol. The first-order valence-electron chi connectivity index (χ1n) is 50.6. The Hall–Kier alpha value is -20.1. The molecule has 0 fully saturated rings. The lowest BCUT2D eigenvalue weighted by Crippen LogP contribution is -2.00. The lowest BCUT2D eigenvalue weighted by Gasteiger charge is -2.12. The number of hydrogen-bond donors (Lipinski definition) is 0. The van der Waals surface area contributed by atoms with Crippen LogP contribution in [0.5, 0.6) is 0 Å². The molecule has 0 aliphatic carbocycles. The van der Waals surface area contributed by atoms with Gasteiger partial charge in [-0.05, 0) is 121 Å². The third kappa shape index (κ3) is 15.2. The third-order valence-electron chi connectivity index (χ3n) is 29.4. The molecule has 10 heteroatoms. The number of benzene rings is 21. The molecule has 21 aromatic carbocycles. The molecular formula is C139H88N10. The van der Waals surface area contributed by atoms with E-state index in [0.717, 1.165) is 94.6 Å². The van der Waals surface area contributed by atoms with E-state index in [-0.39, 0.29) is 0 Å². The van der Waals surface area contributed by atoms with Gasteiger partial charge in [-0.25, -0.2) is 34.9 Å². The van der Waals surface area contributed by atoms with Crippen LogP contribution in [-0.2, 0) is 0 Å². The number of nitrogens with zero attached hydrogens (tertiary/aromatic N) is 10. The van der Waals surface area contributed by atoms with Crippen LogP contribution in [0.25, 0.3) is 282 Å². The van der Waals surface area contributed by atoms with Gasteiger partial charge in [0.25, 0.3) is 0 Å². The molecule has 9 aromatic heterocycles. The molecule has 0 bridgehead atoms. The minimum absolute atomic E-state index is 0.638. The normalized spacial score (nSPS) is 11.6. The molecule has 30 rings (SSSR count). The smallest absolute Gasteiger partial charge is 0.164 e. The lowest BCUT2D eigenvalue weighted by atomic mass is 9.96. The number of pyridine rings is 3. The largest absolute Gasteiger partial charge is 0.308 e. The van der Waals surface area contributed by atoms with Gasteiger partial charge in [0.1, 0.15) is 0 Å². The molecule has 0 amide bonds. The van der Waals surface area contributed by atoms with Crippen molar-refractivity contribution in [3.8, 4) is 146 Å². The summed E-state index contributed by atoms with van der Waals surface area (Å²) < 4.78 is 7.39. The van der Waals surface area contributed by atoms with Crippen molar-refractivity contribution >= 4 is 136 Å². The van der Waals surface area contributed by atoms with Crippen LogP contribution in [0.2, 0.25) is 0 Å². The number of aromatic nitrogens is 10. The lowest BCUT2D eigenvalue weighted by molar-refractivity contribution is 1.07. The molecule has 0 atom stereocenters. The zero-order chi connectivity index (χ0) is 98.4. The summed E-state index contributed by atoms with van der Waals surface area (Å²) in [5.74, 6) is 3.37. The maximum Gasteiger partial charge on any atom is 0.164 e. The van der Waals surface area contributed by atoms with Crippen LogP contribution in [0.15, 0.2) is 534 Å². The van der Waals surface area contributed by atoms with E-state index in [4.69, 9.17) is 34.9 Å². The standard InChI is InChI=1S/C47H30N4.2C46H29N3/c1-4-15-31(16-5-1)34-27-28-40-42(30-34)51-41-26-13-12-24-38(41)37-23-10-11-25-39(37)44(51)43(40)35-21-14-22-36(29-35)47-49-45(32-17-6-2-7-18-32)48-46(50-47)33-19-8-3-9-20-33;1-3-13-30(14-4-1)34-27-28-39-42(29-34)49-41-22-12-10-18-36(41)35-17-7-8-19-37(35)45(49)43(39)31-23-25-33(26-24-31)46-47-40-21-11-9-20-38(40)44(48-46)32-15-5-2-6-16-32;1-3-13-30(14-4-1)31-23-25-32(26-24-31)43-39-28-27-34(46-47-40-21-11-9-20-38(40)44(48-46)33-15-5-2-6-16-33)29-42(39)49-41-22-12-10-18-36(41)35-17-7-8-19-37(35)45(43)49/h1-30H;2*1-29H. The van der Waals surface area contributed by atoms with Gasteiger partial charge in [0, 0.05) is 115 Å². The van der Waals surface area contributed by atoms with Gasteiger partial charge < -0.3 is 13.2 Å². The Kier molecular flexibility index (Phi) is 21.4. The van der Waals surface area contributed by atoms with Crippen molar-refractivity contribution in [1.29, 1.82) is 0 Å². The summed E-state index contributed by atoms with van der Waals surface area (Å²) in [4.78, 5) is 35.5. The first-order chi connectivity index (χ1) is 73.9. The molecule has 0 saturated heterocycles. The summed E-state index contributed by atoms with van der Waals surface area (Å²) >= 11 is 0. The highest BCUT2D eigenvalue weighted by Crippen LogP contribution is 2.50. The molecule has 9 heterocycles. The summed E-state index contributed by atoms with van der Waals surface area (Å²) in [6.07, 6.45) is 0. The van der Waals surface area contributed by atoms with Gasteiger partial charge in [-0.3, -0.25) is 0 Å². The fourth-order valence-corrected chi connectivity index (χ4v) is 22.5. The Morgan fingerprint density at radius 2 is 0.342 bits per heavy atom. The molecule has 0 unspecified atom stereocenters. The van der Waals surface area contributed by atoms with Gasteiger partial charge in [-0.2, -0.15) is 0 Å². The van der Waals surface area contributed by atoms with E-state index < -0.39 is 0 Å². The second kappa shape index (κ2) is 36.7. The van der Waals surface area contributed by atoms with E-state index >= 15 is 0 Å². The van der Waals surface area contributed by atoms with E-state index in [0.29, 0.717) is 23.3 Å². The fraction of sp³-hybridized carbons (Fsp3) is 0. The molecule has 694 valence electrons. The molecule has 10 nitrogen and oxygen atoms in total. The van der Waals surface area contributed by atoms with Crippen molar-refractivity contribution < 1.29 is 0 Å². The van der Waals surface area contributed by atoms with Crippen molar-refractivity contribution in [3.05, 3.63) is 534 Å². The zero-order valence-electron chi connectivity index (χ0n) is 80.8. The molecule has 0 aliphatic heterocycles. The van der Waals surface area contributed by atoms with E-state index in [1.54, 1.807) is 0 Å². The molecule has 0 saturated carbocycles. The molecule has 149 heavy (non-hydrogen) atoms. The molecule has 30 aromatic rings. The van der Waals surface area contributed by atoms with E-state index in [9.17, 15) is 0 Å². The highest BCUT2D eigenvalue weighted by molar-refractivity contribution is 6.26. The predicted molar refractivity (Wildman–Crippen MR) is 620 cm³/mol. The predicted octanol–water partition coefficient (Wildman–Crippen LogP) is 35.9. The van der Waals surface area contributed by atoms with Crippen molar-refractivity contribution in [1.82, 2.24) is 48.1 Å². The quantitative estimate of drug-likeness (QED) is 0.106. The van der Waals surface area contributed by atoms with E-state index in [2.05, 4.69) is 462 Å². The maximum atomic E-state index is 5.22. The van der Waals surface area contributed by atoms with Gasteiger partial charge in [0.05, 0.1) is 72.1 Å². The first kappa shape index (κ1) is 86.8. The van der Waals surface area contributed by atoms with Gasteiger partial charge in [-0.15, -0.1) is 0 Å². The Balaban J connectivity index is 0.000000108. The van der Waals surface area contributed by atoms with Crippen LogP contribution in [0.1, 0.15) is 0 Å². The minimum Gasteiger partial charge on any atom is -0.308 e. The summed E-state index contributed by atoms with van der Waals surface area (Å²) in [6.45, 7) is 0. The van der Waals surface area contributed by atoms with Crippen molar-refractivity contribution in [3.63, 3.8) is 0 Å².